The lowest BCUT2D eigenvalue weighted by atomic mass is 9.79. The van der Waals surface area contributed by atoms with Crippen LogP contribution in [0.2, 0.25) is 0 Å². The number of likely N-dealkylation sites (tertiary alicyclic amines) is 1. The SMILES string of the molecule is Cl.NC(=O)[C@@H](Cc1ccccc1)[C@@H]1CC[C@H](O)N(C[C@H](O)NO)[C@H]1O. The van der Waals surface area contributed by atoms with E-state index in [0.29, 0.717) is 19.3 Å². The van der Waals surface area contributed by atoms with Crippen molar-refractivity contribution in [3.05, 3.63) is 35.9 Å². The minimum atomic E-state index is -1.32. The van der Waals surface area contributed by atoms with Gasteiger partial charge in [-0.3, -0.25) is 4.79 Å². The second-order valence-corrected chi connectivity index (χ2v) is 6.18. The van der Waals surface area contributed by atoms with Crippen molar-refractivity contribution in [3.63, 3.8) is 0 Å². The second kappa shape index (κ2) is 10.0. The van der Waals surface area contributed by atoms with Crippen molar-refractivity contribution in [2.45, 2.75) is 37.9 Å². The second-order valence-electron chi connectivity index (χ2n) is 6.18. The zero-order valence-corrected chi connectivity index (χ0v) is 14.5. The number of benzene rings is 1. The number of carbonyl (C=O) groups excluding carboxylic acids is 1. The molecule has 25 heavy (non-hydrogen) atoms. The zero-order valence-electron chi connectivity index (χ0n) is 13.7. The van der Waals surface area contributed by atoms with E-state index in [9.17, 15) is 20.1 Å². The lowest BCUT2D eigenvalue weighted by Gasteiger charge is -2.44. The summed E-state index contributed by atoms with van der Waals surface area (Å²) in [6.07, 6.45) is -2.29. The Kier molecular flexibility index (Phi) is 8.74. The molecule has 0 unspecified atom stereocenters. The molecule has 1 aromatic carbocycles. The Morgan fingerprint density at radius 2 is 1.92 bits per heavy atom. The monoisotopic (exact) mass is 375 g/mol. The summed E-state index contributed by atoms with van der Waals surface area (Å²) in [5.41, 5.74) is 8.15. The summed E-state index contributed by atoms with van der Waals surface area (Å²) in [6, 6.07) is 9.38. The minimum absolute atomic E-state index is 0. The smallest absolute Gasteiger partial charge is 0.221 e. The third-order valence-corrected chi connectivity index (χ3v) is 4.58. The Labute approximate surface area is 152 Å². The van der Waals surface area contributed by atoms with E-state index in [0.717, 1.165) is 5.56 Å². The van der Waals surface area contributed by atoms with Crippen molar-refractivity contribution in [2.75, 3.05) is 6.54 Å². The van der Waals surface area contributed by atoms with Crippen LogP contribution in [0.25, 0.3) is 0 Å². The number of piperidine rings is 1. The van der Waals surface area contributed by atoms with Gasteiger partial charge in [-0.05, 0) is 24.8 Å². The summed E-state index contributed by atoms with van der Waals surface area (Å²) < 4.78 is 0. The summed E-state index contributed by atoms with van der Waals surface area (Å²) >= 11 is 0. The standard InChI is InChI=1S/C16H25N3O5.ClH/c17-15(22)12(8-10-4-2-1-3-5-10)11-6-7-14(21)19(16(11)23)9-13(20)18-24;/h1-5,11-14,16,18,20-21,23-24H,6-9H2,(H2,17,22);1H/t11-,12-,13-,14-,16-;/m0./s1. The lowest BCUT2D eigenvalue weighted by Crippen LogP contribution is -2.57. The van der Waals surface area contributed by atoms with Crippen LogP contribution < -0.4 is 11.2 Å². The topological polar surface area (TPSA) is 139 Å². The van der Waals surface area contributed by atoms with Gasteiger partial charge in [0, 0.05) is 18.4 Å². The first-order valence-corrected chi connectivity index (χ1v) is 7.96. The molecule has 7 N–H and O–H groups in total. The van der Waals surface area contributed by atoms with E-state index in [-0.39, 0.29) is 19.0 Å². The quantitative estimate of drug-likeness (QED) is 0.276. The van der Waals surface area contributed by atoms with Gasteiger partial charge in [0.25, 0.3) is 0 Å². The van der Waals surface area contributed by atoms with Crippen LogP contribution in [-0.2, 0) is 11.2 Å². The van der Waals surface area contributed by atoms with Crippen LogP contribution in [0, 0.1) is 11.8 Å². The van der Waals surface area contributed by atoms with Crippen LogP contribution in [0.1, 0.15) is 18.4 Å². The van der Waals surface area contributed by atoms with Gasteiger partial charge >= 0.3 is 0 Å². The van der Waals surface area contributed by atoms with Gasteiger partial charge in [0.05, 0.1) is 0 Å². The number of aliphatic hydroxyl groups is 3. The first kappa shape index (κ1) is 21.8. The number of rotatable bonds is 7. The van der Waals surface area contributed by atoms with Crippen LogP contribution in [0.15, 0.2) is 30.3 Å². The molecular weight excluding hydrogens is 350 g/mol. The largest absolute Gasteiger partial charge is 0.378 e. The van der Waals surface area contributed by atoms with Crippen LogP contribution in [-0.4, -0.2) is 56.6 Å². The predicted molar refractivity (Wildman–Crippen MR) is 92.5 cm³/mol. The molecule has 2 rings (SSSR count). The maximum Gasteiger partial charge on any atom is 0.221 e. The van der Waals surface area contributed by atoms with Gasteiger partial charge in [-0.1, -0.05) is 30.3 Å². The molecule has 1 fully saturated rings. The summed E-state index contributed by atoms with van der Waals surface area (Å²) in [5, 5.41) is 38.8. The molecule has 5 atom stereocenters. The Morgan fingerprint density at radius 1 is 1.28 bits per heavy atom. The molecule has 0 saturated carbocycles. The van der Waals surface area contributed by atoms with E-state index in [1.165, 1.54) is 4.90 Å². The van der Waals surface area contributed by atoms with Crippen molar-refractivity contribution in [2.24, 2.45) is 17.6 Å². The van der Waals surface area contributed by atoms with Gasteiger partial charge in [-0.2, -0.15) is 5.48 Å². The van der Waals surface area contributed by atoms with Crippen molar-refractivity contribution >= 4 is 18.3 Å². The third kappa shape index (κ3) is 5.61. The minimum Gasteiger partial charge on any atom is -0.378 e. The molecule has 1 heterocycles. The van der Waals surface area contributed by atoms with E-state index < -0.39 is 36.4 Å². The number of nitrogens with zero attached hydrogens (tertiary/aromatic N) is 1. The van der Waals surface area contributed by atoms with Gasteiger partial charge in [-0.25, -0.2) is 4.90 Å². The van der Waals surface area contributed by atoms with E-state index in [4.69, 9.17) is 10.9 Å². The highest BCUT2D eigenvalue weighted by Crippen LogP contribution is 2.33. The van der Waals surface area contributed by atoms with Crippen molar-refractivity contribution in [1.29, 1.82) is 0 Å². The van der Waals surface area contributed by atoms with Crippen LogP contribution in [0.5, 0.6) is 0 Å². The zero-order chi connectivity index (χ0) is 17.7. The number of hydroxylamine groups is 1. The molecule has 1 amide bonds. The molecule has 9 heteroatoms. The Hall–Kier alpha value is -1.26. The number of amides is 1. The average Bonchev–Trinajstić information content (AvgIpc) is 2.57. The predicted octanol–water partition coefficient (Wildman–Crippen LogP) is -0.602. The van der Waals surface area contributed by atoms with Crippen molar-refractivity contribution in [1.82, 2.24) is 10.4 Å². The highest BCUT2D eigenvalue weighted by molar-refractivity contribution is 5.85. The van der Waals surface area contributed by atoms with Crippen LogP contribution >= 0.6 is 12.4 Å². The number of hydrogen-bond acceptors (Lipinski definition) is 7. The fourth-order valence-electron chi connectivity index (χ4n) is 3.29. The number of hydrogen-bond donors (Lipinski definition) is 6. The van der Waals surface area contributed by atoms with E-state index >= 15 is 0 Å². The molecule has 1 saturated heterocycles. The van der Waals surface area contributed by atoms with E-state index in [2.05, 4.69) is 0 Å². The van der Waals surface area contributed by atoms with Gasteiger partial charge < -0.3 is 26.3 Å². The number of nitrogens with one attached hydrogen (secondary N) is 1. The molecule has 1 aliphatic heterocycles. The fraction of sp³-hybridized carbons (Fsp3) is 0.562. The molecule has 0 bridgehead atoms. The molecule has 0 aromatic heterocycles. The summed E-state index contributed by atoms with van der Waals surface area (Å²) in [4.78, 5) is 13.2. The summed E-state index contributed by atoms with van der Waals surface area (Å²) in [6.45, 7) is -0.188. The molecular formula is C16H26ClN3O5. The Balaban J connectivity index is 0.00000312. The van der Waals surface area contributed by atoms with Crippen molar-refractivity contribution in [3.8, 4) is 0 Å². The Morgan fingerprint density at radius 3 is 2.48 bits per heavy atom. The molecule has 0 spiro atoms. The van der Waals surface area contributed by atoms with Crippen LogP contribution in [0.3, 0.4) is 0 Å². The molecule has 0 aliphatic carbocycles. The van der Waals surface area contributed by atoms with Gasteiger partial charge in [-0.15, -0.1) is 12.4 Å². The first-order valence-electron chi connectivity index (χ1n) is 7.96. The number of β-amino-alcohol motifs (C(OH)–C–C–N with tert-alkyl or cyclic N) is 1. The molecule has 8 nitrogen and oxygen atoms in total. The van der Waals surface area contributed by atoms with Gasteiger partial charge in [0.1, 0.15) is 18.7 Å². The molecule has 0 radical (unpaired) electrons. The third-order valence-electron chi connectivity index (χ3n) is 4.58. The number of primary amides is 1. The first-order chi connectivity index (χ1) is 11.4. The maximum atomic E-state index is 11.9. The van der Waals surface area contributed by atoms with Gasteiger partial charge in [0.2, 0.25) is 5.91 Å². The average molecular weight is 376 g/mol. The summed E-state index contributed by atoms with van der Waals surface area (Å²) in [5.74, 6) is -1.59. The number of aliphatic hydroxyl groups excluding tert-OH is 3. The van der Waals surface area contributed by atoms with Gasteiger partial charge in [0.15, 0.2) is 0 Å². The summed E-state index contributed by atoms with van der Waals surface area (Å²) in [7, 11) is 0. The highest BCUT2D eigenvalue weighted by Gasteiger charge is 2.41. The molecule has 1 aromatic rings. The number of carbonyl (C=O) groups is 1. The lowest BCUT2D eigenvalue weighted by molar-refractivity contribution is -0.186. The number of halogens is 1. The van der Waals surface area contributed by atoms with Crippen molar-refractivity contribution < 1.29 is 25.3 Å². The van der Waals surface area contributed by atoms with Crippen LogP contribution in [0.4, 0.5) is 0 Å². The highest BCUT2D eigenvalue weighted by atomic mass is 35.5. The normalized spacial score (nSPS) is 26.5. The van der Waals surface area contributed by atoms with E-state index in [1.54, 1.807) is 5.48 Å². The molecule has 1 aliphatic rings. The fourth-order valence-corrected chi connectivity index (χ4v) is 3.29. The van der Waals surface area contributed by atoms with E-state index in [1.807, 2.05) is 30.3 Å². The Bertz CT molecular complexity index is 536. The molecule has 142 valence electrons. The number of nitrogens with two attached hydrogens (primary N) is 1. The maximum absolute atomic E-state index is 11.9.